The molecule has 0 saturated carbocycles. The Kier molecular flexibility index (Phi) is 5.96. The van der Waals surface area contributed by atoms with Gasteiger partial charge in [0, 0.05) is 49.8 Å². The normalized spacial score (nSPS) is 11.9. The first-order chi connectivity index (χ1) is 25.3. The fourth-order valence-corrected chi connectivity index (χ4v) is 8.20. The number of furan rings is 1. The zero-order valence-corrected chi connectivity index (χ0v) is 27.6. The largest absolute Gasteiger partial charge is 0.456 e. The minimum atomic E-state index is 0.893. The van der Waals surface area contributed by atoms with E-state index >= 15 is 0 Å². The van der Waals surface area contributed by atoms with E-state index in [-0.39, 0.29) is 0 Å². The summed E-state index contributed by atoms with van der Waals surface area (Å²) in [7, 11) is 0. The molecule has 51 heavy (non-hydrogen) atoms. The lowest BCUT2D eigenvalue weighted by Crippen LogP contribution is -1.95. The molecule has 0 aliphatic rings. The first-order valence-electron chi connectivity index (χ1n) is 17.4. The summed E-state index contributed by atoms with van der Waals surface area (Å²) in [5, 5.41) is 7.21. The summed E-state index contributed by atoms with van der Waals surface area (Å²) in [4.78, 5) is 0. The molecule has 0 aliphatic carbocycles. The standard InChI is InChI=1S/C48H30N2O/c1-2-10-31(11-3-1)32-18-20-33(21-19-32)34-22-24-35(25-23-34)49-43-16-8-5-14-41(43)47-44(49)29-28-40-37-12-4-7-15-42(37)50(48(40)47)36-26-27-39-38-13-6-9-17-45(38)51-46(39)30-36/h1-30H. The Hall–Kier alpha value is -6.84. The predicted molar refractivity (Wildman–Crippen MR) is 213 cm³/mol. The van der Waals surface area contributed by atoms with Crippen molar-refractivity contribution < 1.29 is 4.42 Å². The van der Waals surface area contributed by atoms with Crippen LogP contribution in [0.15, 0.2) is 186 Å². The lowest BCUT2D eigenvalue weighted by molar-refractivity contribution is 0.668. The molecule has 3 aromatic heterocycles. The average Bonchev–Trinajstić information content (AvgIpc) is 3.86. The van der Waals surface area contributed by atoms with Crippen molar-refractivity contribution in [2.24, 2.45) is 0 Å². The van der Waals surface area contributed by atoms with E-state index in [1.807, 2.05) is 12.1 Å². The number of hydrogen-bond acceptors (Lipinski definition) is 1. The van der Waals surface area contributed by atoms with Crippen LogP contribution in [-0.4, -0.2) is 9.13 Å². The van der Waals surface area contributed by atoms with Crippen molar-refractivity contribution in [1.29, 1.82) is 0 Å². The van der Waals surface area contributed by atoms with Gasteiger partial charge in [0.15, 0.2) is 0 Å². The summed E-state index contributed by atoms with van der Waals surface area (Å²) in [5.41, 5.74) is 13.6. The van der Waals surface area contributed by atoms with Gasteiger partial charge < -0.3 is 13.6 Å². The maximum Gasteiger partial charge on any atom is 0.137 e. The second-order valence-electron chi connectivity index (χ2n) is 13.3. The van der Waals surface area contributed by atoms with Crippen molar-refractivity contribution in [1.82, 2.24) is 9.13 Å². The third-order valence-electron chi connectivity index (χ3n) is 10.5. The van der Waals surface area contributed by atoms with Gasteiger partial charge in [-0.25, -0.2) is 0 Å². The summed E-state index contributed by atoms with van der Waals surface area (Å²) in [6, 6.07) is 65.4. The number of benzene rings is 8. The molecule has 0 bridgehead atoms. The highest BCUT2D eigenvalue weighted by molar-refractivity contribution is 6.26. The monoisotopic (exact) mass is 650 g/mol. The SMILES string of the molecule is c1ccc(-c2ccc(-c3ccc(-n4c5ccccc5c5c4ccc4c6ccccc6n(-c6ccc7c(c6)oc6ccccc67)c45)cc3)cc2)cc1. The maximum atomic E-state index is 6.39. The zero-order chi connectivity index (χ0) is 33.5. The van der Waals surface area contributed by atoms with Crippen LogP contribution in [0.3, 0.4) is 0 Å². The van der Waals surface area contributed by atoms with Crippen LogP contribution in [0.4, 0.5) is 0 Å². The van der Waals surface area contributed by atoms with Crippen molar-refractivity contribution in [3.8, 4) is 33.6 Å². The van der Waals surface area contributed by atoms with Crippen molar-refractivity contribution in [2.75, 3.05) is 0 Å². The van der Waals surface area contributed by atoms with Gasteiger partial charge in [-0.3, -0.25) is 0 Å². The highest BCUT2D eigenvalue weighted by Gasteiger charge is 2.21. The highest BCUT2D eigenvalue weighted by atomic mass is 16.3. The summed E-state index contributed by atoms with van der Waals surface area (Å²) in [6.07, 6.45) is 0. The van der Waals surface area contributed by atoms with Gasteiger partial charge in [0.25, 0.3) is 0 Å². The van der Waals surface area contributed by atoms with Gasteiger partial charge >= 0.3 is 0 Å². The van der Waals surface area contributed by atoms with Gasteiger partial charge in [-0.05, 0) is 70.8 Å². The third-order valence-corrected chi connectivity index (χ3v) is 10.5. The van der Waals surface area contributed by atoms with E-state index in [4.69, 9.17) is 4.42 Å². The smallest absolute Gasteiger partial charge is 0.137 e. The fraction of sp³-hybridized carbons (Fsp3) is 0. The van der Waals surface area contributed by atoms with E-state index in [2.05, 4.69) is 179 Å². The topological polar surface area (TPSA) is 23.0 Å². The molecule has 0 spiro atoms. The number of para-hydroxylation sites is 3. The second-order valence-corrected chi connectivity index (χ2v) is 13.3. The zero-order valence-electron chi connectivity index (χ0n) is 27.6. The van der Waals surface area contributed by atoms with E-state index in [0.29, 0.717) is 0 Å². The molecular formula is C48H30N2O. The molecule has 0 N–H and O–H groups in total. The summed E-state index contributed by atoms with van der Waals surface area (Å²) < 4.78 is 11.2. The van der Waals surface area contributed by atoms with Crippen LogP contribution in [0.1, 0.15) is 0 Å². The van der Waals surface area contributed by atoms with E-state index in [1.54, 1.807) is 0 Å². The van der Waals surface area contributed by atoms with E-state index < -0.39 is 0 Å². The number of aromatic nitrogens is 2. The van der Waals surface area contributed by atoms with Gasteiger partial charge in [-0.15, -0.1) is 0 Å². The Morgan fingerprint density at radius 3 is 1.59 bits per heavy atom. The van der Waals surface area contributed by atoms with Crippen molar-refractivity contribution in [2.45, 2.75) is 0 Å². The first kappa shape index (κ1) is 28.0. The van der Waals surface area contributed by atoms with Crippen LogP contribution in [-0.2, 0) is 0 Å². The van der Waals surface area contributed by atoms with Gasteiger partial charge in [0.1, 0.15) is 11.2 Å². The van der Waals surface area contributed by atoms with Gasteiger partial charge in [-0.1, -0.05) is 127 Å². The molecule has 3 heteroatoms. The molecule has 3 nitrogen and oxygen atoms in total. The minimum Gasteiger partial charge on any atom is -0.456 e. The molecule has 0 atom stereocenters. The van der Waals surface area contributed by atoms with E-state index in [9.17, 15) is 0 Å². The Labute approximate surface area is 293 Å². The van der Waals surface area contributed by atoms with Crippen LogP contribution in [0.2, 0.25) is 0 Å². The molecule has 0 unspecified atom stereocenters. The maximum absolute atomic E-state index is 6.39. The molecule has 0 amide bonds. The number of rotatable bonds is 4. The molecule has 0 radical (unpaired) electrons. The molecule has 11 rings (SSSR count). The van der Waals surface area contributed by atoms with Crippen LogP contribution < -0.4 is 0 Å². The fourth-order valence-electron chi connectivity index (χ4n) is 8.20. The number of nitrogens with zero attached hydrogens (tertiary/aromatic N) is 2. The minimum absolute atomic E-state index is 0.893. The summed E-state index contributed by atoms with van der Waals surface area (Å²) >= 11 is 0. The lowest BCUT2D eigenvalue weighted by atomic mass is 10.0. The quantitative estimate of drug-likeness (QED) is 0.186. The summed E-state index contributed by atoms with van der Waals surface area (Å²) in [5.74, 6) is 0. The average molecular weight is 651 g/mol. The van der Waals surface area contributed by atoms with Crippen LogP contribution in [0.25, 0.3) is 99.2 Å². The molecule has 0 fully saturated rings. The third kappa shape index (κ3) is 4.19. The molecule has 3 heterocycles. The Bertz CT molecular complexity index is 3100. The van der Waals surface area contributed by atoms with Crippen LogP contribution in [0, 0.1) is 0 Å². The summed E-state index contributed by atoms with van der Waals surface area (Å²) in [6.45, 7) is 0. The number of hydrogen-bond donors (Lipinski definition) is 0. The Morgan fingerprint density at radius 2 is 0.843 bits per heavy atom. The van der Waals surface area contributed by atoms with Gasteiger partial charge in [0.2, 0.25) is 0 Å². The molecule has 238 valence electrons. The van der Waals surface area contributed by atoms with Crippen LogP contribution in [0.5, 0.6) is 0 Å². The lowest BCUT2D eigenvalue weighted by Gasteiger charge is -2.11. The van der Waals surface area contributed by atoms with Crippen molar-refractivity contribution in [3.63, 3.8) is 0 Å². The van der Waals surface area contributed by atoms with E-state index in [1.165, 1.54) is 65.9 Å². The van der Waals surface area contributed by atoms with Gasteiger partial charge in [-0.2, -0.15) is 0 Å². The first-order valence-corrected chi connectivity index (χ1v) is 17.4. The van der Waals surface area contributed by atoms with E-state index in [0.717, 1.165) is 33.3 Å². The highest BCUT2D eigenvalue weighted by Crippen LogP contribution is 2.43. The van der Waals surface area contributed by atoms with Gasteiger partial charge in [0.05, 0.1) is 22.1 Å². The molecule has 11 aromatic rings. The molecular weight excluding hydrogens is 621 g/mol. The van der Waals surface area contributed by atoms with Crippen LogP contribution >= 0.6 is 0 Å². The Morgan fingerprint density at radius 1 is 0.314 bits per heavy atom. The molecule has 0 aliphatic heterocycles. The number of fused-ring (bicyclic) bond motifs is 10. The van der Waals surface area contributed by atoms with Crippen molar-refractivity contribution in [3.05, 3.63) is 182 Å². The predicted octanol–water partition coefficient (Wildman–Crippen LogP) is 13.1. The molecule has 0 saturated heterocycles. The second kappa shape index (κ2) is 10.8. The Balaban J connectivity index is 1.11. The molecule has 8 aromatic carbocycles. The van der Waals surface area contributed by atoms with Crippen molar-refractivity contribution >= 4 is 65.6 Å².